The molecule has 0 aromatic carbocycles. The van der Waals surface area contributed by atoms with Crippen molar-refractivity contribution in [2.75, 3.05) is 0 Å². The second-order valence-corrected chi connectivity index (χ2v) is 18.9. The molecule has 4 heteroatoms. The van der Waals surface area contributed by atoms with Crippen molar-refractivity contribution in [1.82, 2.24) is 14.6 Å². The molecule has 0 unspecified atom stereocenters. The summed E-state index contributed by atoms with van der Waals surface area (Å²) in [5.41, 5.74) is 1.11. The minimum absolute atomic E-state index is 0.838. The molecule has 0 aliphatic rings. The minimum atomic E-state index is -2.02. The van der Waals surface area contributed by atoms with E-state index in [1.54, 1.807) is 0 Å². The van der Waals surface area contributed by atoms with Gasteiger partial charge >= 0.3 is 88.1 Å². The van der Waals surface area contributed by atoms with Gasteiger partial charge in [-0.3, -0.25) is 0 Å². The Morgan fingerprint density at radius 2 is 1.93 bits per heavy atom. The number of aromatic nitrogens is 3. The van der Waals surface area contributed by atoms with Crippen molar-refractivity contribution in [3.05, 3.63) is 24.2 Å². The van der Waals surface area contributed by atoms with Crippen LogP contribution < -0.4 is 3.71 Å². The van der Waals surface area contributed by atoms with Gasteiger partial charge in [-0.15, -0.1) is 0 Å². The van der Waals surface area contributed by atoms with Crippen LogP contribution in [0.4, 0.5) is 0 Å². The summed E-state index contributed by atoms with van der Waals surface area (Å²) in [6.45, 7) is 1.93. The van der Waals surface area contributed by atoms with E-state index in [-0.39, 0.29) is 0 Å². The van der Waals surface area contributed by atoms with Gasteiger partial charge in [-0.1, -0.05) is 0 Å². The molecule has 2 aromatic rings. The van der Waals surface area contributed by atoms with E-state index < -0.39 is 18.4 Å². The first-order chi connectivity index (χ1) is 6.48. The van der Waals surface area contributed by atoms with Crippen LogP contribution in [0.2, 0.25) is 14.8 Å². The fraction of sp³-hybridized carbons (Fsp3) is 0.400. The van der Waals surface area contributed by atoms with E-state index in [0.29, 0.717) is 0 Å². The van der Waals surface area contributed by atoms with Gasteiger partial charge in [0.2, 0.25) is 0 Å². The molecule has 2 heterocycles. The summed E-state index contributed by atoms with van der Waals surface area (Å²) in [5, 5.41) is 4.46. The Kier molecular flexibility index (Phi) is 2.29. The van der Waals surface area contributed by atoms with Gasteiger partial charge in [0.15, 0.2) is 0 Å². The molecule has 0 saturated heterocycles. The van der Waals surface area contributed by atoms with Crippen LogP contribution in [-0.2, 0) is 0 Å². The van der Waals surface area contributed by atoms with Gasteiger partial charge in [0.05, 0.1) is 0 Å². The normalized spacial score (nSPS) is 12.3. The maximum atomic E-state index is 4.46. The first-order valence-electron chi connectivity index (χ1n) is 4.80. The zero-order valence-electron chi connectivity index (χ0n) is 9.07. The van der Waals surface area contributed by atoms with Crippen molar-refractivity contribution in [3.63, 3.8) is 0 Å². The Balaban J connectivity index is 2.73. The number of aryl methyl sites for hydroxylation is 1. The zero-order valence-corrected chi connectivity index (χ0v) is 11.9. The van der Waals surface area contributed by atoms with Crippen LogP contribution in [-0.4, -0.2) is 33.0 Å². The third kappa shape index (κ3) is 1.65. The van der Waals surface area contributed by atoms with E-state index in [1.165, 1.54) is 3.71 Å². The molecule has 0 spiro atoms. The summed E-state index contributed by atoms with van der Waals surface area (Å²) >= 11 is -2.02. The topological polar surface area (TPSA) is 30.2 Å². The molecule has 0 bridgehead atoms. The summed E-state index contributed by atoms with van der Waals surface area (Å²) in [5.74, 6) is 0.838. The molecular weight excluding hydrogens is 281 g/mol. The van der Waals surface area contributed by atoms with Crippen molar-refractivity contribution in [2.45, 2.75) is 21.7 Å². The van der Waals surface area contributed by atoms with Gasteiger partial charge in [0, 0.05) is 0 Å². The Hall–Kier alpha value is -0.581. The van der Waals surface area contributed by atoms with Gasteiger partial charge < -0.3 is 0 Å². The summed E-state index contributed by atoms with van der Waals surface area (Å²) < 4.78 is 3.50. The molecule has 3 nitrogen and oxygen atoms in total. The molecule has 2 aromatic heterocycles. The molecule has 0 atom stereocenters. The summed E-state index contributed by atoms with van der Waals surface area (Å²) in [7, 11) is 0. The maximum absolute atomic E-state index is 4.46. The molecule has 74 valence electrons. The molecular formula is C10H15N3Sn. The molecule has 14 heavy (non-hydrogen) atoms. The number of nitrogens with zero attached hydrogens (tertiary/aromatic N) is 3. The predicted molar refractivity (Wildman–Crippen MR) is 60.7 cm³/mol. The first kappa shape index (κ1) is 9.95. The zero-order chi connectivity index (χ0) is 10.3. The third-order valence-corrected chi connectivity index (χ3v) is 7.75. The van der Waals surface area contributed by atoms with Gasteiger partial charge in [-0.05, 0) is 0 Å². The van der Waals surface area contributed by atoms with E-state index in [9.17, 15) is 0 Å². The number of hydrogen-bond acceptors (Lipinski definition) is 2. The Labute approximate surface area is 88.0 Å². The monoisotopic (exact) mass is 297 g/mol. The number of fused-ring (bicyclic) bond motifs is 1. The van der Waals surface area contributed by atoms with Crippen LogP contribution in [0.3, 0.4) is 0 Å². The molecule has 0 radical (unpaired) electrons. The Bertz CT molecular complexity index is 468. The second-order valence-electron chi connectivity index (χ2n) is 4.61. The fourth-order valence-electron chi connectivity index (χ4n) is 1.55. The average molecular weight is 296 g/mol. The van der Waals surface area contributed by atoms with E-state index in [2.05, 4.69) is 41.5 Å². The van der Waals surface area contributed by atoms with E-state index in [0.717, 1.165) is 11.3 Å². The van der Waals surface area contributed by atoms with E-state index in [1.807, 2.05) is 13.1 Å². The summed E-state index contributed by atoms with van der Waals surface area (Å²) in [6, 6.07) is 4.32. The number of hydrogen-bond donors (Lipinski definition) is 0. The van der Waals surface area contributed by atoms with Gasteiger partial charge in [-0.2, -0.15) is 0 Å². The van der Waals surface area contributed by atoms with Gasteiger partial charge in [0.1, 0.15) is 0 Å². The van der Waals surface area contributed by atoms with Crippen molar-refractivity contribution in [3.8, 4) is 0 Å². The molecule has 0 aliphatic carbocycles. The van der Waals surface area contributed by atoms with Crippen LogP contribution in [0, 0.1) is 6.92 Å². The summed E-state index contributed by atoms with van der Waals surface area (Å²) in [6.07, 6.45) is 1.89. The molecule has 0 fully saturated rings. The fourth-order valence-corrected chi connectivity index (χ4v) is 5.54. The van der Waals surface area contributed by atoms with Gasteiger partial charge in [0.25, 0.3) is 0 Å². The molecule has 0 amide bonds. The second kappa shape index (κ2) is 3.22. The van der Waals surface area contributed by atoms with Crippen molar-refractivity contribution < 1.29 is 0 Å². The standard InChI is InChI=1S/C7H6N3.3CH3.Sn/c1-6-8-5-7-3-2-4-10(7)9-6;;;;/h2-3,5H,1H3;3*1H3;. The Morgan fingerprint density at radius 3 is 2.57 bits per heavy atom. The Morgan fingerprint density at radius 1 is 1.21 bits per heavy atom. The van der Waals surface area contributed by atoms with Gasteiger partial charge in [-0.25, -0.2) is 0 Å². The molecule has 2 rings (SSSR count). The quantitative estimate of drug-likeness (QED) is 0.748. The average Bonchev–Trinajstić information content (AvgIpc) is 2.45. The van der Waals surface area contributed by atoms with Crippen LogP contribution in [0.25, 0.3) is 5.52 Å². The predicted octanol–water partition coefficient (Wildman–Crippen LogP) is 1.58. The van der Waals surface area contributed by atoms with Crippen LogP contribution in [0.15, 0.2) is 18.3 Å². The van der Waals surface area contributed by atoms with Crippen molar-refractivity contribution in [2.24, 2.45) is 0 Å². The van der Waals surface area contributed by atoms with E-state index >= 15 is 0 Å². The van der Waals surface area contributed by atoms with Crippen LogP contribution in [0.1, 0.15) is 5.82 Å². The van der Waals surface area contributed by atoms with E-state index in [4.69, 9.17) is 0 Å². The van der Waals surface area contributed by atoms with Crippen molar-refractivity contribution in [1.29, 1.82) is 0 Å². The van der Waals surface area contributed by atoms with Crippen molar-refractivity contribution >= 4 is 27.6 Å². The third-order valence-electron chi connectivity index (χ3n) is 2.28. The SMILES string of the molecule is Cc1ncc2cc[c]([Sn]([CH3])([CH3])[CH3])n2n1. The molecule has 0 saturated carbocycles. The molecule has 0 aliphatic heterocycles. The van der Waals surface area contributed by atoms with Crippen LogP contribution in [0.5, 0.6) is 0 Å². The summed E-state index contributed by atoms with van der Waals surface area (Å²) in [4.78, 5) is 11.4. The number of rotatable bonds is 1. The first-order valence-corrected chi connectivity index (χ1v) is 14.8. The van der Waals surface area contributed by atoms with Crippen LogP contribution >= 0.6 is 0 Å². The molecule has 0 N–H and O–H groups in total.